The van der Waals surface area contributed by atoms with Gasteiger partial charge in [0.2, 0.25) is 0 Å². The van der Waals surface area contributed by atoms with Crippen molar-refractivity contribution in [1.29, 1.82) is 0 Å². The van der Waals surface area contributed by atoms with E-state index in [1.807, 2.05) is 0 Å². The third-order valence-electron chi connectivity index (χ3n) is 5.44. The van der Waals surface area contributed by atoms with Crippen LogP contribution in [0.2, 0.25) is 0 Å². The summed E-state index contributed by atoms with van der Waals surface area (Å²) in [6.07, 6.45) is 3.59. The van der Waals surface area contributed by atoms with Crippen molar-refractivity contribution in [2.45, 2.75) is 25.8 Å². The Balaban J connectivity index is 1.48. The number of methoxy groups -OCH3 is 1. The number of hydrogen-bond donors (Lipinski definition) is 1. The van der Waals surface area contributed by atoms with Gasteiger partial charge in [-0.1, -0.05) is 6.07 Å². The van der Waals surface area contributed by atoms with E-state index in [2.05, 4.69) is 17.0 Å². The van der Waals surface area contributed by atoms with Gasteiger partial charge in [0.15, 0.2) is 0 Å². The fourth-order valence-corrected chi connectivity index (χ4v) is 4.32. The number of carboxylic acid groups (broad SMARTS) is 1. The van der Waals surface area contributed by atoms with Crippen molar-refractivity contribution in [2.24, 2.45) is 17.8 Å². The Morgan fingerprint density at radius 3 is 2.57 bits per heavy atom. The fourth-order valence-electron chi connectivity index (χ4n) is 4.32. The number of rotatable bonds is 4. The van der Waals surface area contributed by atoms with Crippen LogP contribution in [0.25, 0.3) is 0 Å². The van der Waals surface area contributed by atoms with Crippen LogP contribution in [0.3, 0.4) is 0 Å². The fraction of sp³-hybridized carbons (Fsp3) is 0.588. The van der Waals surface area contributed by atoms with Crippen molar-refractivity contribution >= 4 is 5.97 Å². The summed E-state index contributed by atoms with van der Waals surface area (Å²) in [5, 5.41) is 9.08. The van der Waals surface area contributed by atoms with Gasteiger partial charge in [-0.05, 0) is 48.3 Å². The number of nitrogens with zero attached hydrogens (tertiary/aromatic N) is 1. The van der Waals surface area contributed by atoms with Crippen LogP contribution in [0.4, 0.5) is 0 Å². The van der Waals surface area contributed by atoms with Gasteiger partial charge in [-0.25, -0.2) is 0 Å². The lowest BCUT2D eigenvalue weighted by molar-refractivity contribution is -0.139. The summed E-state index contributed by atoms with van der Waals surface area (Å²) in [5.41, 5.74) is 4.16. The molecule has 0 amide bonds. The lowest BCUT2D eigenvalue weighted by Gasteiger charge is -2.21. The number of hydrogen-bond acceptors (Lipinski definition) is 3. The molecule has 1 aromatic rings. The molecule has 2 aliphatic carbocycles. The average molecular weight is 287 g/mol. The zero-order chi connectivity index (χ0) is 14.6. The molecule has 0 aromatic heterocycles. The van der Waals surface area contributed by atoms with E-state index in [1.165, 1.54) is 36.0 Å². The number of carbonyl (C=O) groups is 1. The van der Waals surface area contributed by atoms with Crippen molar-refractivity contribution < 1.29 is 14.6 Å². The van der Waals surface area contributed by atoms with Gasteiger partial charge in [0.05, 0.1) is 13.0 Å². The van der Waals surface area contributed by atoms with Gasteiger partial charge in [-0.3, -0.25) is 9.69 Å². The van der Waals surface area contributed by atoms with E-state index in [0.717, 1.165) is 25.4 Å². The highest BCUT2D eigenvalue weighted by molar-refractivity contribution is 5.74. The molecule has 4 rings (SSSR count). The molecule has 4 heteroatoms. The zero-order valence-corrected chi connectivity index (χ0v) is 12.3. The molecule has 1 aromatic carbocycles. The van der Waals surface area contributed by atoms with Gasteiger partial charge in [0.1, 0.15) is 5.75 Å². The Bertz CT molecular complexity index is 586. The van der Waals surface area contributed by atoms with Gasteiger partial charge in [0, 0.05) is 25.2 Å². The molecule has 1 aliphatic heterocycles. The highest BCUT2D eigenvalue weighted by Crippen LogP contribution is 2.52. The molecule has 112 valence electrons. The Hall–Kier alpha value is -1.55. The van der Waals surface area contributed by atoms with Crippen LogP contribution in [-0.2, 0) is 24.2 Å². The Labute approximate surface area is 124 Å². The highest BCUT2D eigenvalue weighted by atomic mass is 16.5. The van der Waals surface area contributed by atoms with Crippen LogP contribution in [-0.4, -0.2) is 36.2 Å². The summed E-state index contributed by atoms with van der Waals surface area (Å²) in [6.45, 7) is 2.72. The summed E-state index contributed by atoms with van der Waals surface area (Å²) >= 11 is 0. The third-order valence-corrected chi connectivity index (χ3v) is 5.44. The minimum absolute atomic E-state index is 0.0804. The van der Waals surface area contributed by atoms with Gasteiger partial charge in [-0.15, -0.1) is 0 Å². The lowest BCUT2D eigenvalue weighted by atomic mass is 10.0. The molecule has 21 heavy (non-hydrogen) atoms. The minimum atomic E-state index is -0.611. The molecule has 1 heterocycles. The maximum atomic E-state index is 11.0. The van der Waals surface area contributed by atoms with E-state index in [1.54, 1.807) is 7.11 Å². The van der Waals surface area contributed by atoms with Gasteiger partial charge >= 0.3 is 5.97 Å². The van der Waals surface area contributed by atoms with Crippen molar-refractivity contribution in [3.8, 4) is 5.75 Å². The summed E-state index contributed by atoms with van der Waals surface area (Å²) in [7, 11) is 1.74. The number of piperidine rings is 1. The normalized spacial score (nSPS) is 30.0. The highest BCUT2D eigenvalue weighted by Gasteiger charge is 2.59. The van der Waals surface area contributed by atoms with E-state index >= 15 is 0 Å². The number of benzene rings is 1. The first-order chi connectivity index (χ1) is 10.2. The minimum Gasteiger partial charge on any atom is -0.496 e. The summed E-state index contributed by atoms with van der Waals surface area (Å²) in [4.78, 5) is 13.4. The second-order valence-corrected chi connectivity index (χ2v) is 6.67. The molecular formula is C17H21NO3. The van der Waals surface area contributed by atoms with Crippen molar-refractivity contribution in [2.75, 3.05) is 20.2 Å². The summed E-state index contributed by atoms with van der Waals surface area (Å²) in [5.74, 6) is 1.06. The van der Waals surface area contributed by atoms with Gasteiger partial charge in [-0.2, -0.15) is 0 Å². The molecule has 1 N–H and O–H groups in total. The molecular weight excluding hydrogens is 266 g/mol. The van der Waals surface area contributed by atoms with Crippen LogP contribution < -0.4 is 4.74 Å². The molecule has 1 saturated carbocycles. The molecule has 3 atom stereocenters. The maximum Gasteiger partial charge on any atom is 0.307 e. The van der Waals surface area contributed by atoms with Crippen molar-refractivity contribution in [1.82, 2.24) is 4.90 Å². The van der Waals surface area contributed by atoms with Crippen molar-refractivity contribution in [3.05, 3.63) is 28.8 Å². The number of aryl methyl sites for hydroxylation is 2. The Morgan fingerprint density at radius 1 is 1.29 bits per heavy atom. The topological polar surface area (TPSA) is 49.8 Å². The lowest BCUT2D eigenvalue weighted by Crippen LogP contribution is -2.26. The van der Waals surface area contributed by atoms with E-state index in [0.29, 0.717) is 11.8 Å². The number of ether oxygens (including phenoxy) is 1. The van der Waals surface area contributed by atoms with Gasteiger partial charge < -0.3 is 9.84 Å². The quantitative estimate of drug-likeness (QED) is 0.919. The molecule has 0 radical (unpaired) electrons. The molecule has 1 saturated heterocycles. The standard InChI is InChI=1S/C17H21NO3/c1-21-15-6-11-4-2-3-10(11)5-12(15)7-18-8-13-14(9-18)16(13)17(19)20/h5-6,13-14,16H,2-4,7-9H2,1H3,(H,19,20)/t13-,14+,16?. The maximum absolute atomic E-state index is 11.0. The summed E-state index contributed by atoms with van der Waals surface area (Å²) in [6, 6.07) is 4.51. The largest absolute Gasteiger partial charge is 0.496 e. The first-order valence-corrected chi connectivity index (χ1v) is 7.81. The van der Waals surface area contributed by atoms with Crippen LogP contribution >= 0.6 is 0 Å². The smallest absolute Gasteiger partial charge is 0.307 e. The number of likely N-dealkylation sites (tertiary alicyclic amines) is 1. The van der Waals surface area contributed by atoms with Crippen LogP contribution in [0.5, 0.6) is 5.75 Å². The Morgan fingerprint density at radius 2 is 1.95 bits per heavy atom. The van der Waals surface area contributed by atoms with Crippen LogP contribution in [0.15, 0.2) is 12.1 Å². The van der Waals surface area contributed by atoms with Crippen LogP contribution in [0.1, 0.15) is 23.1 Å². The molecule has 4 nitrogen and oxygen atoms in total. The second kappa shape index (κ2) is 4.73. The molecule has 1 unspecified atom stereocenters. The SMILES string of the molecule is COc1cc2c(cc1CN1C[C@@H]3C(C(=O)O)[C@@H]3C1)CCC2. The van der Waals surface area contributed by atoms with Gasteiger partial charge in [0.25, 0.3) is 0 Å². The van der Waals surface area contributed by atoms with E-state index in [-0.39, 0.29) is 5.92 Å². The summed E-state index contributed by atoms with van der Waals surface area (Å²) < 4.78 is 5.56. The number of carboxylic acids is 1. The van der Waals surface area contributed by atoms with E-state index in [9.17, 15) is 4.79 Å². The van der Waals surface area contributed by atoms with Crippen molar-refractivity contribution in [3.63, 3.8) is 0 Å². The number of aliphatic carboxylic acids is 1. The molecule has 2 fully saturated rings. The third kappa shape index (κ3) is 2.13. The molecule has 3 aliphatic rings. The monoisotopic (exact) mass is 287 g/mol. The van der Waals surface area contributed by atoms with E-state index in [4.69, 9.17) is 9.84 Å². The van der Waals surface area contributed by atoms with Crippen LogP contribution in [0, 0.1) is 17.8 Å². The molecule has 0 bridgehead atoms. The zero-order valence-electron chi connectivity index (χ0n) is 12.3. The number of fused-ring (bicyclic) bond motifs is 2. The van der Waals surface area contributed by atoms with E-state index < -0.39 is 5.97 Å². The Kier molecular flexibility index (Phi) is 2.96. The molecule has 0 spiro atoms. The predicted octanol–water partition coefficient (Wildman–Crippen LogP) is 1.95. The average Bonchev–Trinajstić information content (AvgIpc) is 2.82. The predicted molar refractivity (Wildman–Crippen MR) is 78.4 cm³/mol. The first kappa shape index (κ1) is 13.1. The second-order valence-electron chi connectivity index (χ2n) is 6.67. The first-order valence-electron chi connectivity index (χ1n) is 7.81.